The zero-order valence-corrected chi connectivity index (χ0v) is 12.5. The summed E-state index contributed by atoms with van der Waals surface area (Å²) in [6, 6.07) is 0.253. The van der Waals surface area contributed by atoms with Crippen molar-refractivity contribution < 1.29 is 4.79 Å². The van der Waals surface area contributed by atoms with E-state index in [0.717, 1.165) is 43.9 Å². The Balaban J connectivity index is 1.81. The lowest BCUT2D eigenvalue weighted by Crippen LogP contribution is -2.44. The third kappa shape index (κ3) is 4.13. The van der Waals surface area contributed by atoms with Crippen LogP contribution in [0.3, 0.4) is 0 Å². The van der Waals surface area contributed by atoms with E-state index in [9.17, 15) is 4.79 Å². The maximum atomic E-state index is 12.1. The summed E-state index contributed by atoms with van der Waals surface area (Å²) in [5.41, 5.74) is 6.01. The summed E-state index contributed by atoms with van der Waals surface area (Å²) in [5.74, 6) is -0.0632. The van der Waals surface area contributed by atoms with Crippen LogP contribution in [0.1, 0.15) is 28.3 Å². The van der Waals surface area contributed by atoms with Gasteiger partial charge in [-0.25, -0.2) is 4.98 Å². The van der Waals surface area contributed by atoms with Crippen LogP contribution in [0.2, 0.25) is 0 Å². The molecule has 20 heavy (non-hydrogen) atoms. The molecule has 0 aliphatic carbocycles. The van der Waals surface area contributed by atoms with Gasteiger partial charge < -0.3 is 11.1 Å². The summed E-state index contributed by atoms with van der Waals surface area (Å²) in [4.78, 5) is 18.8. The maximum Gasteiger partial charge on any atom is 0.270 e. The van der Waals surface area contributed by atoms with E-state index < -0.39 is 0 Å². The summed E-state index contributed by atoms with van der Waals surface area (Å²) in [5, 5.41) is 5.82. The molecule has 0 aromatic carbocycles. The van der Waals surface area contributed by atoms with Crippen LogP contribution >= 0.6 is 11.3 Å². The smallest absolute Gasteiger partial charge is 0.270 e. The van der Waals surface area contributed by atoms with Crippen molar-refractivity contribution in [3.8, 4) is 0 Å². The van der Waals surface area contributed by atoms with Crippen molar-refractivity contribution in [3.63, 3.8) is 0 Å². The highest BCUT2D eigenvalue weighted by molar-refractivity contribution is 7.09. The first-order valence-corrected chi connectivity index (χ1v) is 7.89. The molecule has 1 aromatic heterocycles. The molecule has 1 aliphatic rings. The lowest BCUT2D eigenvalue weighted by Gasteiger charge is -2.31. The fourth-order valence-corrected chi connectivity index (χ4v) is 3.15. The quantitative estimate of drug-likeness (QED) is 0.769. The van der Waals surface area contributed by atoms with Crippen molar-refractivity contribution in [2.45, 2.75) is 25.3 Å². The Bertz CT molecular complexity index is 452. The Kier molecular flexibility index (Phi) is 5.70. The van der Waals surface area contributed by atoms with Gasteiger partial charge in [-0.05, 0) is 19.4 Å². The van der Waals surface area contributed by atoms with Gasteiger partial charge in [0.25, 0.3) is 5.91 Å². The largest absolute Gasteiger partial charge is 0.348 e. The number of carbonyl (C=O) groups excluding carboxylic acids is 1. The third-order valence-electron chi connectivity index (χ3n) is 3.45. The predicted molar refractivity (Wildman–Crippen MR) is 82.0 cm³/mol. The minimum atomic E-state index is -0.0632. The molecule has 2 heterocycles. The van der Waals surface area contributed by atoms with Gasteiger partial charge in [0.2, 0.25) is 0 Å². The lowest BCUT2D eigenvalue weighted by molar-refractivity contribution is 0.0909. The molecule has 2 rings (SSSR count). The van der Waals surface area contributed by atoms with Crippen LogP contribution < -0.4 is 11.1 Å². The molecule has 110 valence electrons. The van der Waals surface area contributed by atoms with Gasteiger partial charge in [0.15, 0.2) is 0 Å². The van der Waals surface area contributed by atoms with Crippen LogP contribution in [0.5, 0.6) is 0 Å². The van der Waals surface area contributed by atoms with Crippen molar-refractivity contribution >= 4 is 17.2 Å². The van der Waals surface area contributed by atoms with E-state index in [0.29, 0.717) is 12.2 Å². The summed E-state index contributed by atoms with van der Waals surface area (Å²) in [6.45, 7) is 7.26. The predicted octanol–water partition coefficient (Wildman–Crippen LogP) is 1.02. The van der Waals surface area contributed by atoms with E-state index in [1.165, 1.54) is 11.3 Å². The molecule has 1 aromatic rings. The number of nitrogens with one attached hydrogen (secondary N) is 1. The number of piperidine rings is 1. The number of aromatic nitrogens is 1. The molecule has 6 heteroatoms. The minimum absolute atomic E-state index is 0.0632. The minimum Gasteiger partial charge on any atom is -0.348 e. The van der Waals surface area contributed by atoms with E-state index >= 15 is 0 Å². The fraction of sp³-hybridized carbons (Fsp3) is 0.571. The van der Waals surface area contributed by atoms with Crippen molar-refractivity contribution in [1.29, 1.82) is 0 Å². The summed E-state index contributed by atoms with van der Waals surface area (Å²) in [7, 11) is 0. The van der Waals surface area contributed by atoms with Crippen LogP contribution in [-0.4, -0.2) is 48.0 Å². The fourth-order valence-electron chi connectivity index (χ4n) is 2.36. The Morgan fingerprint density at radius 2 is 2.35 bits per heavy atom. The zero-order chi connectivity index (χ0) is 14.4. The second-order valence-electron chi connectivity index (χ2n) is 5.00. The normalized spacial score (nSPS) is 17.1. The molecule has 0 spiro atoms. The third-order valence-corrected chi connectivity index (χ3v) is 4.36. The molecule has 0 unspecified atom stereocenters. The summed E-state index contributed by atoms with van der Waals surface area (Å²) < 4.78 is 0. The van der Waals surface area contributed by atoms with Gasteiger partial charge in [0, 0.05) is 37.5 Å². The maximum absolute atomic E-state index is 12.1. The van der Waals surface area contributed by atoms with Gasteiger partial charge in [0.1, 0.15) is 5.69 Å². The number of nitrogens with zero attached hydrogens (tertiary/aromatic N) is 2. The van der Waals surface area contributed by atoms with Crippen LogP contribution in [-0.2, 0) is 6.42 Å². The van der Waals surface area contributed by atoms with Gasteiger partial charge >= 0.3 is 0 Å². The Morgan fingerprint density at radius 1 is 1.60 bits per heavy atom. The second-order valence-corrected chi connectivity index (χ2v) is 5.94. The molecule has 1 aliphatic heterocycles. The molecule has 5 nitrogen and oxygen atoms in total. The van der Waals surface area contributed by atoms with Gasteiger partial charge in [-0.1, -0.05) is 6.08 Å². The average molecular weight is 294 g/mol. The van der Waals surface area contributed by atoms with E-state index in [-0.39, 0.29) is 11.9 Å². The number of nitrogens with two attached hydrogens (primary N) is 1. The average Bonchev–Trinajstić information content (AvgIpc) is 2.90. The van der Waals surface area contributed by atoms with Gasteiger partial charge in [-0.2, -0.15) is 0 Å². The number of thiazole rings is 1. The zero-order valence-electron chi connectivity index (χ0n) is 11.7. The number of carbonyl (C=O) groups is 1. The second kappa shape index (κ2) is 7.52. The van der Waals surface area contributed by atoms with Crippen LogP contribution in [0.15, 0.2) is 18.0 Å². The number of hydrogen-bond donors (Lipinski definition) is 2. The van der Waals surface area contributed by atoms with Gasteiger partial charge in [-0.3, -0.25) is 9.69 Å². The van der Waals surface area contributed by atoms with Crippen molar-refractivity contribution in [3.05, 3.63) is 28.7 Å². The number of likely N-dealkylation sites (tertiary alicyclic amines) is 1. The summed E-state index contributed by atoms with van der Waals surface area (Å²) in [6.07, 6.45) is 4.63. The topological polar surface area (TPSA) is 71.2 Å². The Hall–Kier alpha value is -1.24. The molecule has 1 fully saturated rings. The molecular formula is C14H22N4OS. The molecular weight excluding hydrogens is 272 g/mol. The van der Waals surface area contributed by atoms with Gasteiger partial charge in [-0.15, -0.1) is 17.9 Å². The van der Waals surface area contributed by atoms with Crippen LogP contribution in [0.25, 0.3) is 0 Å². The van der Waals surface area contributed by atoms with Crippen molar-refractivity contribution in [2.75, 3.05) is 26.2 Å². The van der Waals surface area contributed by atoms with E-state index in [1.54, 1.807) is 0 Å². The molecule has 3 N–H and O–H groups in total. The first-order valence-electron chi connectivity index (χ1n) is 7.01. The van der Waals surface area contributed by atoms with E-state index in [1.807, 2.05) is 11.5 Å². The van der Waals surface area contributed by atoms with E-state index in [4.69, 9.17) is 5.73 Å². The van der Waals surface area contributed by atoms with Crippen LogP contribution in [0, 0.1) is 0 Å². The van der Waals surface area contributed by atoms with Gasteiger partial charge in [0.05, 0.1) is 5.01 Å². The Labute approximate surface area is 123 Å². The lowest BCUT2D eigenvalue weighted by atomic mass is 10.0. The first-order chi connectivity index (χ1) is 9.72. The highest BCUT2D eigenvalue weighted by atomic mass is 32.1. The molecule has 0 bridgehead atoms. The highest BCUT2D eigenvalue weighted by Gasteiger charge is 2.21. The van der Waals surface area contributed by atoms with Crippen LogP contribution in [0.4, 0.5) is 0 Å². The van der Waals surface area contributed by atoms with Crippen molar-refractivity contribution in [1.82, 2.24) is 15.2 Å². The molecule has 0 saturated carbocycles. The standard InChI is InChI=1S/C14H22N4OS/c1-2-7-18-8-4-11(5-9-18)16-14(19)12-10-20-13(17-12)3-6-15/h2,10-11H,1,3-9,15H2,(H,16,19). The number of amides is 1. The first kappa shape index (κ1) is 15.2. The SMILES string of the molecule is C=CCN1CCC(NC(=O)c2csc(CCN)n2)CC1. The van der Waals surface area contributed by atoms with E-state index in [2.05, 4.69) is 21.8 Å². The molecule has 1 saturated heterocycles. The molecule has 1 amide bonds. The molecule has 0 radical (unpaired) electrons. The number of rotatable bonds is 6. The summed E-state index contributed by atoms with van der Waals surface area (Å²) >= 11 is 1.50. The molecule has 0 atom stereocenters. The number of hydrogen-bond acceptors (Lipinski definition) is 5. The highest BCUT2D eigenvalue weighted by Crippen LogP contribution is 2.13. The Morgan fingerprint density at radius 3 is 3.00 bits per heavy atom. The monoisotopic (exact) mass is 294 g/mol. The van der Waals surface area contributed by atoms with Crippen molar-refractivity contribution in [2.24, 2.45) is 5.73 Å².